The summed E-state index contributed by atoms with van der Waals surface area (Å²) in [5.41, 5.74) is 7.72. The van der Waals surface area contributed by atoms with Gasteiger partial charge < -0.3 is 23.8 Å². The first-order chi connectivity index (χ1) is 11.8. The van der Waals surface area contributed by atoms with Crippen LogP contribution < -0.4 is 0 Å². The molecule has 0 atom stereocenters. The van der Waals surface area contributed by atoms with E-state index in [2.05, 4.69) is 14.8 Å². The molecule has 0 heterocycles. The zero-order valence-electron chi connectivity index (χ0n) is 15.4. The Labute approximate surface area is 148 Å². The number of rotatable bonds is 12. The molecular weight excluding hydrogens is 332 g/mol. The number of hydrogen-bond acceptors (Lipinski definition) is 7. The van der Waals surface area contributed by atoms with Crippen LogP contribution in [0.3, 0.4) is 0 Å². The molecule has 10 heteroatoms. The van der Waals surface area contributed by atoms with Crippen molar-refractivity contribution in [2.75, 3.05) is 53.2 Å². The second-order valence-corrected chi connectivity index (χ2v) is 5.97. The number of carbonyl (C=O) groups excluding carboxylic acids is 2. The van der Waals surface area contributed by atoms with Gasteiger partial charge in [0.25, 0.3) is 0 Å². The number of methoxy groups -OCH3 is 1. The van der Waals surface area contributed by atoms with Crippen molar-refractivity contribution in [2.24, 2.45) is 5.11 Å². The maximum atomic E-state index is 12.1. The van der Waals surface area contributed by atoms with E-state index in [0.717, 1.165) is 0 Å². The van der Waals surface area contributed by atoms with Crippen molar-refractivity contribution in [3.05, 3.63) is 10.4 Å². The normalized spacial score (nSPS) is 10.7. The molecule has 0 aliphatic carbocycles. The van der Waals surface area contributed by atoms with E-state index in [9.17, 15) is 9.59 Å². The summed E-state index contributed by atoms with van der Waals surface area (Å²) >= 11 is 0. The summed E-state index contributed by atoms with van der Waals surface area (Å²) < 4.78 is 20.4. The Morgan fingerprint density at radius 1 is 1.08 bits per heavy atom. The van der Waals surface area contributed by atoms with E-state index in [1.807, 2.05) is 0 Å². The summed E-state index contributed by atoms with van der Waals surface area (Å²) in [4.78, 5) is 27.1. The van der Waals surface area contributed by atoms with Crippen molar-refractivity contribution >= 4 is 12.1 Å². The molecule has 25 heavy (non-hydrogen) atoms. The van der Waals surface area contributed by atoms with Crippen LogP contribution in [0.5, 0.6) is 0 Å². The van der Waals surface area contributed by atoms with Gasteiger partial charge in [-0.3, -0.25) is 4.79 Å². The van der Waals surface area contributed by atoms with Gasteiger partial charge in [0.05, 0.1) is 40.0 Å². The van der Waals surface area contributed by atoms with E-state index >= 15 is 0 Å². The van der Waals surface area contributed by atoms with Crippen molar-refractivity contribution < 1.29 is 28.5 Å². The Hall–Kier alpha value is -2.03. The third-order valence-electron chi connectivity index (χ3n) is 2.74. The monoisotopic (exact) mass is 360 g/mol. The lowest BCUT2D eigenvalue weighted by molar-refractivity contribution is -0.141. The van der Waals surface area contributed by atoms with Crippen LogP contribution in [-0.4, -0.2) is 75.7 Å². The predicted octanol–water partition coefficient (Wildman–Crippen LogP) is 2.13. The lowest BCUT2D eigenvalue weighted by Crippen LogP contribution is -2.40. The largest absolute Gasteiger partial charge is 0.469 e. The molecule has 0 spiro atoms. The molecule has 0 rings (SSSR count). The quantitative estimate of drug-likeness (QED) is 0.173. The van der Waals surface area contributed by atoms with Gasteiger partial charge in [0.15, 0.2) is 0 Å². The highest BCUT2D eigenvalue weighted by atomic mass is 16.6. The number of esters is 1. The highest BCUT2D eigenvalue weighted by molar-refractivity contribution is 5.69. The molecule has 144 valence electrons. The molecule has 0 N–H and O–H groups in total. The first-order valence-corrected chi connectivity index (χ1v) is 8.01. The van der Waals surface area contributed by atoms with Gasteiger partial charge in [-0.05, 0) is 26.3 Å². The molecule has 0 radical (unpaired) electrons. The van der Waals surface area contributed by atoms with E-state index < -0.39 is 11.7 Å². The lowest BCUT2D eigenvalue weighted by atomic mass is 10.2. The van der Waals surface area contributed by atoms with Crippen molar-refractivity contribution in [2.45, 2.75) is 32.8 Å². The third kappa shape index (κ3) is 14.1. The second-order valence-electron chi connectivity index (χ2n) is 5.97. The van der Waals surface area contributed by atoms with Crippen LogP contribution in [0.25, 0.3) is 10.4 Å². The third-order valence-corrected chi connectivity index (χ3v) is 2.74. The van der Waals surface area contributed by atoms with Crippen LogP contribution in [0.1, 0.15) is 27.2 Å². The molecule has 0 aromatic carbocycles. The summed E-state index contributed by atoms with van der Waals surface area (Å²) in [6.45, 7) is 7.27. The van der Waals surface area contributed by atoms with Gasteiger partial charge >= 0.3 is 12.1 Å². The summed E-state index contributed by atoms with van der Waals surface area (Å²) in [5, 5.41) is 3.42. The zero-order valence-corrected chi connectivity index (χ0v) is 15.4. The number of hydrogen-bond donors (Lipinski definition) is 0. The molecule has 1 amide bonds. The molecule has 0 saturated heterocycles. The molecular formula is C15H28N4O6. The second kappa shape index (κ2) is 13.3. The fourth-order valence-electron chi connectivity index (χ4n) is 1.59. The molecule has 10 nitrogen and oxygen atoms in total. The van der Waals surface area contributed by atoms with Crippen LogP contribution in [0, 0.1) is 0 Å². The van der Waals surface area contributed by atoms with Gasteiger partial charge in [0.1, 0.15) is 5.60 Å². The summed E-state index contributed by atoms with van der Waals surface area (Å²) in [7, 11) is 1.32. The van der Waals surface area contributed by atoms with Gasteiger partial charge in [-0.1, -0.05) is 5.11 Å². The molecule has 0 fully saturated rings. The maximum Gasteiger partial charge on any atom is 0.410 e. The maximum absolute atomic E-state index is 12.1. The van der Waals surface area contributed by atoms with Crippen LogP contribution in [0.15, 0.2) is 5.11 Å². The predicted molar refractivity (Wildman–Crippen MR) is 90.1 cm³/mol. The molecule has 0 aliphatic heterocycles. The number of ether oxygens (including phenoxy) is 4. The molecule has 0 unspecified atom stereocenters. The topological polar surface area (TPSA) is 123 Å². The lowest BCUT2D eigenvalue weighted by Gasteiger charge is -2.27. The number of azide groups is 1. The van der Waals surface area contributed by atoms with Gasteiger partial charge in [-0.2, -0.15) is 0 Å². The average Bonchev–Trinajstić information content (AvgIpc) is 2.53. The number of nitrogens with zero attached hydrogens (tertiary/aromatic N) is 4. The van der Waals surface area contributed by atoms with Crippen molar-refractivity contribution in [1.29, 1.82) is 0 Å². The Balaban J connectivity index is 4.03. The minimum Gasteiger partial charge on any atom is -0.469 e. The van der Waals surface area contributed by atoms with Crippen LogP contribution in [0.2, 0.25) is 0 Å². The van der Waals surface area contributed by atoms with E-state index in [-0.39, 0.29) is 38.7 Å². The van der Waals surface area contributed by atoms with Crippen LogP contribution >= 0.6 is 0 Å². The Kier molecular flexibility index (Phi) is 12.2. The van der Waals surface area contributed by atoms with Gasteiger partial charge in [-0.25, -0.2) is 4.79 Å². The molecule has 0 aromatic heterocycles. The first kappa shape index (κ1) is 23.0. The molecule has 0 saturated carbocycles. The fraction of sp³-hybridized carbons (Fsp3) is 0.867. The van der Waals surface area contributed by atoms with Crippen LogP contribution in [-0.2, 0) is 23.7 Å². The Morgan fingerprint density at radius 3 is 2.28 bits per heavy atom. The van der Waals surface area contributed by atoms with Crippen molar-refractivity contribution in [1.82, 2.24) is 4.90 Å². The minimum absolute atomic E-state index is 0.159. The van der Waals surface area contributed by atoms with E-state index in [4.69, 9.17) is 19.7 Å². The van der Waals surface area contributed by atoms with E-state index in [0.29, 0.717) is 19.8 Å². The Morgan fingerprint density at radius 2 is 1.72 bits per heavy atom. The SMILES string of the molecule is COC(=O)CCOCCOCCN(CCN=[N+]=[N-])C(=O)OC(C)(C)C. The van der Waals surface area contributed by atoms with E-state index in [1.165, 1.54) is 12.0 Å². The highest BCUT2D eigenvalue weighted by Gasteiger charge is 2.21. The Bertz CT molecular complexity index is 446. The minimum atomic E-state index is -0.609. The average molecular weight is 360 g/mol. The zero-order chi connectivity index (χ0) is 19.1. The van der Waals surface area contributed by atoms with Gasteiger partial charge in [0.2, 0.25) is 0 Å². The number of carbonyl (C=O) groups is 2. The molecule has 0 aromatic rings. The molecule has 0 aliphatic rings. The summed E-state index contributed by atoms with van der Waals surface area (Å²) in [6.07, 6.45) is -0.291. The van der Waals surface area contributed by atoms with Crippen molar-refractivity contribution in [3.8, 4) is 0 Å². The first-order valence-electron chi connectivity index (χ1n) is 8.01. The smallest absolute Gasteiger partial charge is 0.410 e. The summed E-state index contributed by atoms with van der Waals surface area (Å²) in [6, 6.07) is 0. The van der Waals surface area contributed by atoms with Gasteiger partial charge in [-0.15, -0.1) is 0 Å². The van der Waals surface area contributed by atoms with Crippen molar-refractivity contribution in [3.63, 3.8) is 0 Å². The highest BCUT2D eigenvalue weighted by Crippen LogP contribution is 2.09. The molecule has 0 bridgehead atoms. The van der Waals surface area contributed by atoms with Crippen LogP contribution in [0.4, 0.5) is 4.79 Å². The van der Waals surface area contributed by atoms with Gasteiger partial charge in [0, 0.05) is 24.5 Å². The van der Waals surface area contributed by atoms with E-state index in [1.54, 1.807) is 20.8 Å². The number of amides is 1. The standard InChI is InChI=1S/C15H28N4O6/c1-15(2,3)25-14(21)19(7-6-17-18-16)8-10-24-12-11-23-9-5-13(20)22-4/h5-12H2,1-4H3. The summed E-state index contributed by atoms with van der Waals surface area (Å²) in [5.74, 6) is -0.325. The fourth-order valence-corrected chi connectivity index (χ4v) is 1.59.